The summed E-state index contributed by atoms with van der Waals surface area (Å²) in [5.74, 6) is -0.826. The van der Waals surface area contributed by atoms with Crippen LogP contribution in [0, 0.1) is 0 Å². The Morgan fingerprint density at radius 3 is 1.47 bits per heavy atom. The number of hydrogen-bond donors (Lipinski definition) is 2. The molecule has 3 aromatic heterocycles. The lowest BCUT2D eigenvalue weighted by Crippen LogP contribution is -2.19. The Labute approximate surface area is 184 Å². The highest BCUT2D eigenvalue weighted by Gasteiger charge is 2.21. The maximum atomic E-state index is 12.6. The second kappa shape index (κ2) is 8.23. The Morgan fingerprint density at radius 1 is 0.733 bits per heavy atom. The van der Waals surface area contributed by atoms with Crippen LogP contribution in [0.25, 0.3) is 0 Å². The molecule has 9 heteroatoms. The molecule has 3 aromatic rings. The highest BCUT2D eigenvalue weighted by atomic mass is 32.1. The van der Waals surface area contributed by atoms with Gasteiger partial charge in [-0.2, -0.15) is 0 Å². The Hall–Kier alpha value is -2.65. The van der Waals surface area contributed by atoms with Crippen LogP contribution in [0.15, 0.2) is 29.0 Å². The fraction of sp³-hybridized carbons (Fsp3) is 0.381. The Balaban J connectivity index is 1.70. The predicted molar refractivity (Wildman–Crippen MR) is 122 cm³/mol. The zero-order valence-electron chi connectivity index (χ0n) is 17.9. The van der Waals surface area contributed by atoms with Crippen LogP contribution in [0.2, 0.25) is 0 Å². The third-order valence-electron chi connectivity index (χ3n) is 4.20. The monoisotopic (exact) mass is 443 g/mol. The molecule has 0 unspecified atom stereocenters. The molecule has 7 nitrogen and oxygen atoms in total. The highest BCUT2D eigenvalue weighted by Crippen LogP contribution is 2.27. The van der Waals surface area contributed by atoms with Gasteiger partial charge < -0.3 is 0 Å². The second-order valence-corrected chi connectivity index (χ2v) is 10.6. The molecular weight excluding hydrogens is 418 g/mol. The van der Waals surface area contributed by atoms with E-state index in [-0.39, 0.29) is 22.2 Å². The van der Waals surface area contributed by atoms with E-state index in [1.807, 2.05) is 10.8 Å². The number of carbonyl (C=O) groups is 2. The zero-order valence-corrected chi connectivity index (χ0v) is 19.5. The van der Waals surface area contributed by atoms with Crippen molar-refractivity contribution >= 4 is 44.8 Å². The summed E-state index contributed by atoms with van der Waals surface area (Å²) in [6.45, 7) is 12.4. The first-order valence-electron chi connectivity index (χ1n) is 9.45. The van der Waals surface area contributed by atoms with Crippen molar-refractivity contribution in [2.24, 2.45) is 0 Å². The number of pyridine rings is 1. The third-order valence-corrected chi connectivity index (χ3v) is 5.72. The molecule has 0 aromatic carbocycles. The van der Waals surface area contributed by atoms with E-state index in [1.54, 1.807) is 18.2 Å². The standard InChI is InChI=1S/C21H25N5O2S2/c1-20(2,3)14-10-29-18(23-14)25-16(27)12-8-7-9-13(22-12)17(28)26-19-24-15(11-30-19)21(4,5)6/h7-11H,1-6H3,(H,23,25,27)(H,24,26,28). The van der Waals surface area contributed by atoms with Crippen molar-refractivity contribution in [3.63, 3.8) is 0 Å². The molecular formula is C21H25N5O2S2. The van der Waals surface area contributed by atoms with E-state index in [0.29, 0.717) is 10.3 Å². The van der Waals surface area contributed by atoms with Crippen LogP contribution in [-0.4, -0.2) is 26.8 Å². The number of carbonyl (C=O) groups excluding carboxylic acids is 2. The summed E-state index contributed by atoms with van der Waals surface area (Å²) in [4.78, 5) is 38.3. The van der Waals surface area contributed by atoms with Gasteiger partial charge in [0.05, 0.1) is 11.4 Å². The molecule has 0 radical (unpaired) electrons. The molecule has 0 saturated heterocycles. The Bertz CT molecular complexity index is 992. The summed E-state index contributed by atoms with van der Waals surface area (Å²) in [6.07, 6.45) is 0. The van der Waals surface area contributed by atoms with Gasteiger partial charge in [0.1, 0.15) is 11.4 Å². The maximum Gasteiger partial charge on any atom is 0.276 e. The lowest BCUT2D eigenvalue weighted by atomic mass is 9.93. The van der Waals surface area contributed by atoms with Gasteiger partial charge in [-0.15, -0.1) is 22.7 Å². The van der Waals surface area contributed by atoms with E-state index < -0.39 is 11.8 Å². The number of amides is 2. The molecule has 0 fully saturated rings. The van der Waals surface area contributed by atoms with E-state index in [2.05, 4.69) is 67.1 Å². The van der Waals surface area contributed by atoms with E-state index in [9.17, 15) is 9.59 Å². The van der Waals surface area contributed by atoms with Gasteiger partial charge in [0, 0.05) is 21.6 Å². The van der Waals surface area contributed by atoms with Gasteiger partial charge >= 0.3 is 0 Å². The highest BCUT2D eigenvalue weighted by molar-refractivity contribution is 7.14. The molecule has 0 atom stereocenters. The molecule has 30 heavy (non-hydrogen) atoms. The molecule has 2 N–H and O–H groups in total. The first-order valence-corrected chi connectivity index (χ1v) is 11.2. The topological polar surface area (TPSA) is 96.9 Å². The van der Waals surface area contributed by atoms with Crippen LogP contribution in [0.3, 0.4) is 0 Å². The molecule has 0 bridgehead atoms. The summed E-state index contributed by atoms with van der Waals surface area (Å²) in [5.41, 5.74) is 1.90. The average Bonchev–Trinajstić information content (AvgIpc) is 3.31. The van der Waals surface area contributed by atoms with Gasteiger partial charge in [0.2, 0.25) is 0 Å². The minimum absolute atomic E-state index is 0.0988. The van der Waals surface area contributed by atoms with E-state index in [1.165, 1.54) is 22.7 Å². The summed E-state index contributed by atoms with van der Waals surface area (Å²) >= 11 is 2.72. The number of hydrogen-bond acceptors (Lipinski definition) is 7. The van der Waals surface area contributed by atoms with Crippen molar-refractivity contribution in [2.75, 3.05) is 10.6 Å². The largest absolute Gasteiger partial charge is 0.296 e. The lowest BCUT2D eigenvalue weighted by molar-refractivity contribution is 0.101. The maximum absolute atomic E-state index is 12.6. The predicted octanol–water partition coefficient (Wildman–Crippen LogP) is 5.09. The minimum atomic E-state index is -0.413. The molecule has 0 saturated carbocycles. The summed E-state index contributed by atoms with van der Waals surface area (Å²) < 4.78 is 0. The molecule has 0 aliphatic carbocycles. The van der Waals surface area contributed by atoms with Gasteiger partial charge in [0.25, 0.3) is 11.8 Å². The molecule has 3 rings (SSSR count). The van der Waals surface area contributed by atoms with Crippen LogP contribution < -0.4 is 10.6 Å². The van der Waals surface area contributed by atoms with Crippen molar-refractivity contribution < 1.29 is 9.59 Å². The van der Waals surface area contributed by atoms with Crippen LogP contribution in [0.5, 0.6) is 0 Å². The van der Waals surface area contributed by atoms with Crippen molar-refractivity contribution in [3.8, 4) is 0 Å². The molecule has 0 aliphatic heterocycles. The van der Waals surface area contributed by atoms with E-state index >= 15 is 0 Å². The van der Waals surface area contributed by atoms with Gasteiger partial charge in [0.15, 0.2) is 10.3 Å². The first kappa shape index (κ1) is 22.0. The van der Waals surface area contributed by atoms with Crippen molar-refractivity contribution in [3.05, 3.63) is 51.7 Å². The fourth-order valence-electron chi connectivity index (χ4n) is 2.36. The van der Waals surface area contributed by atoms with E-state index in [4.69, 9.17) is 0 Å². The number of anilines is 2. The SMILES string of the molecule is CC(C)(C)c1csc(NC(=O)c2cccc(C(=O)Nc3nc(C(C)(C)C)cs3)n2)n1. The molecule has 3 heterocycles. The quantitative estimate of drug-likeness (QED) is 0.585. The number of rotatable bonds is 4. The fourth-order valence-corrected chi connectivity index (χ4v) is 4.23. The Morgan fingerprint density at radius 2 is 1.13 bits per heavy atom. The van der Waals surface area contributed by atoms with Crippen LogP contribution in [-0.2, 0) is 10.8 Å². The smallest absolute Gasteiger partial charge is 0.276 e. The third kappa shape index (κ3) is 5.28. The average molecular weight is 444 g/mol. The normalized spacial score (nSPS) is 11.9. The van der Waals surface area contributed by atoms with Gasteiger partial charge in [-0.3, -0.25) is 20.2 Å². The molecule has 0 aliphatic rings. The molecule has 0 spiro atoms. The summed E-state index contributed by atoms with van der Waals surface area (Å²) in [6, 6.07) is 4.75. The summed E-state index contributed by atoms with van der Waals surface area (Å²) in [7, 11) is 0. The number of nitrogens with one attached hydrogen (secondary N) is 2. The first-order chi connectivity index (χ1) is 13.9. The van der Waals surface area contributed by atoms with Crippen molar-refractivity contribution in [1.82, 2.24) is 15.0 Å². The number of nitrogens with zero attached hydrogens (tertiary/aromatic N) is 3. The van der Waals surface area contributed by atoms with Crippen LogP contribution in [0.1, 0.15) is 73.9 Å². The van der Waals surface area contributed by atoms with Gasteiger partial charge in [-0.25, -0.2) is 15.0 Å². The van der Waals surface area contributed by atoms with Gasteiger partial charge in [-0.1, -0.05) is 47.6 Å². The van der Waals surface area contributed by atoms with Gasteiger partial charge in [-0.05, 0) is 12.1 Å². The molecule has 158 valence electrons. The van der Waals surface area contributed by atoms with Crippen LogP contribution in [0.4, 0.5) is 10.3 Å². The van der Waals surface area contributed by atoms with Crippen LogP contribution >= 0.6 is 22.7 Å². The zero-order chi connectivity index (χ0) is 22.1. The van der Waals surface area contributed by atoms with E-state index in [0.717, 1.165) is 11.4 Å². The lowest BCUT2D eigenvalue weighted by Gasteiger charge is -2.14. The number of thiazole rings is 2. The Kier molecular flexibility index (Phi) is 6.05. The molecule has 2 amide bonds. The number of aromatic nitrogens is 3. The van der Waals surface area contributed by atoms with Crippen molar-refractivity contribution in [1.29, 1.82) is 0 Å². The van der Waals surface area contributed by atoms with Crippen molar-refractivity contribution in [2.45, 2.75) is 52.4 Å². The minimum Gasteiger partial charge on any atom is -0.296 e. The summed E-state index contributed by atoms with van der Waals surface area (Å²) in [5, 5.41) is 10.3. The second-order valence-electron chi connectivity index (χ2n) is 8.89.